The first-order valence-electron chi connectivity index (χ1n) is 6.85. The summed E-state index contributed by atoms with van der Waals surface area (Å²) in [6.45, 7) is 8.04. The first-order valence-corrected chi connectivity index (χ1v) is 7.92. The second kappa shape index (κ2) is 7.77. The van der Waals surface area contributed by atoms with Crippen LogP contribution in [0.25, 0.3) is 0 Å². The molecule has 0 fully saturated rings. The third-order valence-electron chi connectivity index (χ3n) is 2.43. The average molecular weight is 408 g/mol. The molecule has 118 valence electrons. The van der Waals surface area contributed by atoms with Crippen LogP contribution in [0.4, 0.5) is 0 Å². The zero-order chi connectivity index (χ0) is 16.0. The summed E-state index contributed by atoms with van der Waals surface area (Å²) in [5, 5.41) is 4.15. The first-order chi connectivity index (χ1) is 9.74. The maximum absolute atomic E-state index is 11.9. The number of carbonyl (C=O) groups excluding carboxylic acids is 2. The Labute approximate surface area is 138 Å². The van der Waals surface area contributed by atoms with Crippen molar-refractivity contribution in [3.05, 3.63) is 15.5 Å². The molecule has 0 saturated heterocycles. The molecule has 0 amide bonds. The summed E-state index contributed by atoms with van der Waals surface area (Å²) in [4.78, 5) is 23.5. The number of carbonyl (C=O) groups is 2. The predicted molar refractivity (Wildman–Crippen MR) is 86.0 cm³/mol. The maximum atomic E-state index is 11.9. The van der Waals surface area contributed by atoms with Crippen LogP contribution in [0.2, 0.25) is 0 Å². The van der Waals surface area contributed by atoms with Crippen molar-refractivity contribution in [2.24, 2.45) is 0 Å². The molecule has 1 rings (SSSR count). The van der Waals surface area contributed by atoms with Gasteiger partial charge >= 0.3 is 11.9 Å². The van der Waals surface area contributed by atoms with E-state index in [9.17, 15) is 9.59 Å². The summed E-state index contributed by atoms with van der Waals surface area (Å²) in [7, 11) is 0. The highest BCUT2D eigenvalue weighted by Crippen LogP contribution is 2.14. The molecular weight excluding hydrogens is 387 g/mol. The number of aromatic nitrogens is 2. The van der Waals surface area contributed by atoms with Crippen LogP contribution in [0.3, 0.4) is 0 Å². The van der Waals surface area contributed by atoms with E-state index in [1.54, 1.807) is 17.8 Å². The SMILES string of the molecule is CCOC(=O)c1c(I)cnn1CCCC(=O)OC(C)(C)C. The molecular formula is C14H21IN2O4. The van der Waals surface area contributed by atoms with Crippen LogP contribution >= 0.6 is 22.6 Å². The van der Waals surface area contributed by atoms with Gasteiger partial charge in [0, 0.05) is 13.0 Å². The molecule has 0 aliphatic heterocycles. The van der Waals surface area contributed by atoms with Crippen molar-refractivity contribution in [3.63, 3.8) is 0 Å². The number of esters is 2. The normalized spacial score (nSPS) is 11.3. The van der Waals surface area contributed by atoms with Crippen molar-refractivity contribution in [2.45, 2.75) is 52.7 Å². The summed E-state index contributed by atoms with van der Waals surface area (Å²) in [6, 6.07) is 0. The highest BCUT2D eigenvalue weighted by atomic mass is 127. The molecule has 6 nitrogen and oxygen atoms in total. The van der Waals surface area contributed by atoms with Crippen molar-refractivity contribution in [2.75, 3.05) is 6.61 Å². The van der Waals surface area contributed by atoms with E-state index in [1.165, 1.54) is 0 Å². The van der Waals surface area contributed by atoms with Gasteiger partial charge in [-0.15, -0.1) is 0 Å². The third-order valence-corrected chi connectivity index (χ3v) is 3.22. The van der Waals surface area contributed by atoms with Crippen LogP contribution in [0.1, 0.15) is 51.0 Å². The summed E-state index contributed by atoms with van der Waals surface area (Å²) < 4.78 is 12.6. The predicted octanol–water partition coefficient (Wildman–Crippen LogP) is 2.79. The van der Waals surface area contributed by atoms with Gasteiger partial charge in [-0.1, -0.05) is 0 Å². The average Bonchev–Trinajstić information content (AvgIpc) is 2.68. The largest absolute Gasteiger partial charge is 0.461 e. The summed E-state index contributed by atoms with van der Waals surface area (Å²) in [5.74, 6) is -0.640. The Balaban J connectivity index is 2.57. The Morgan fingerprint density at radius 3 is 2.62 bits per heavy atom. The molecule has 21 heavy (non-hydrogen) atoms. The molecule has 0 aromatic carbocycles. The van der Waals surface area contributed by atoms with E-state index < -0.39 is 11.6 Å². The molecule has 0 saturated carbocycles. The number of hydrogen-bond acceptors (Lipinski definition) is 5. The molecule has 0 aliphatic rings. The molecule has 1 aromatic heterocycles. The van der Waals surface area contributed by atoms with Gasteiger partial charge in [0.2, 0.25) is 0 Å². The lowest BCUT2D eigenvalue weighted by Gasteiger charge is -2.19. The van der Waals surface area contributed by atoms with Crippen LogP contribution in [0.15, 0.2) is 6.20 Å². The van der Waals surface area contributed by atoms with E-state index in [4.69, 9.17) is 9.47 Å². The fraction of sp³-hybridized carbons (Fsp3) is 0.643. The molecule has 0 N–H and O–H groups in total. The zero-order valence-corrected chi connectivity index (χ0v) is 15.0. The summed E-state index contributed by atoms with van der Waals surface area (Å²) in [6.07, 6.45) is 2.45. The molecule has 0 aliphatic carbocycles. The fourth-order valence-electron chi connectivity index (χ4n) is 1.70. The molecule has 0 bridgehead atoms. The number of hydrogen-bond donors (Lipinski definition) is 0. The fourth-order valence-corrected chi connectivity index (χ4v) is 2.32. The van der Waals surface area contributed by atoms with Crippen LogP contribution in [-0.4, -0.2) is 33.9 Å². The molecule has 0 unspecified atom stereocenters. The zero-order valence-electron chi connectivity index (χ0n) is 12.8. The smallest absolute Gasteiger partial charge is 0.357 e. The van der Waals surface area contributed by atoms with Gasteiger partial charge in [0.1, 0.15) is 5.60 Å². The van der Waals surface area contributed by atoms with Crippen molar-refractivity contribution < 1.29 is 19.1 Å². The molecule has 0 atom stereocenters. The molecule has 7 heteroatoms. The molecule has 0 radical (unpaired) electrons. The van der Waals surface area contributed by atoms with Gasteiger partial charge in [0.15, 0.2) is 5.69 Å². The number of rotatable bonds is 6. The third kappa shape index (κ3) is 6.03. The Morgan fingerprint density at radius 2 is 2.05 bits per heavy atom. The maximum Gasteiger partial charge on any atom is 0.357 e. The quantitative estimate of drug-likeness (QED) is 0.535. The second-order valence-corrected chi connectivity index (χ2v) is 6.64. The standard InChI is InChI=1S/C14H21IN2O4/c1-5-20-13(19)12-10(15)9-16-17(12)8-6-7-11(18)21-14(2,3)4/h9H,5-8H2,1-4H3. The lowest BCUT2D eigenvalue weighted by atomic mass is 10.2. The van der Waals surface area contributed by atoms with E-state index in [2.05, 4.69) is 5.10 Å². The van der Waals surface area contributed by atoms with Crippen LogP contribution in [0.5, 0.6) is 0 Å². The van der Waals surface area contributed by atoms with Gasteiger partial charge in [0.25, 0.3) is 0 Å². The van der Waals surface area contributed by atoms with E-state index in [1.807, 2.05) is 43.4 Å². The lowest BCUT2D eigenvalue weighted by Crippen LogP contribution is -2.24. The van der Waals surface area contributed by atoms with Gasteiger partial charge in [-0.3, -0.25) is 9.48 Å². The van der Waals surface area contributed by atoms with Gasteiger partial charge in [-0.05, 0) is 56.7 Å². The Hall–Kier alpha value is -1.12. The highest BCUT2D eigenvalue weighted by Gasteiger charge is 2.19. The number of ether oxygens (including phenoxy) is 2. The number of aryl methyl sites for hydroxylation is 1. The number of nitrogens with zero attached hydrogens (tertiary/aromatic N) is 2. The van der Waals surface area contributed by atoms with Crippen molar-refractivity contribution >= 4 is 34.5 Å². The monoisotopic (exact) mass is 408 g/mol. The Kier molecular flexibility index (Phi) is 6.63. The van der Waals surface area contributed by atoms with E-state index in [-0.39, 0.29) is 12.4 Å². The molecule has 1 aromatic rings. The van der Waals surface area contributed by atoms with Gasteiger partial charge in [-0.25, -0.2) is 4.79 Å². The summed E-state index contributed by atoms with van der Waals surface area (Å²) >= 11 is 2.04. The topological polar surface area (TPSA) is 70.4 Å². The highest BCUT2D eigenvalue weighted by molar-refractivity contribution is 14.1. The summed E-state index contributed by atoms with van der Waals surface area (Å²) in [5.41, 5.74) is -0.0458. The minimum absolute atomic E-state index is 0.248. The minimum Gasteiger partial charge on any atom is -0.461 e. The van der Waals surface area contributed by atoms with E-state index in [0.717, 1.165) is 3.57 Å². The van der Waals surface area contributed by atoms with Crippen LogP contribution in [-0.2, 0) is 20.8 Å². The van der Waals surface area contributed by atoms with Crippen molar-refractivity contribution in [1.82, 2.24) is 9.78 Å². The van der Waals surface area contributed by atoms with Gasteiger partial charge in [0.05, 0.1) is 16.4 Å². The lowest BCUT2D eigenvalue weighted by molar-refractivity contribution is -0.154. The molecule has 0 spiro atoms. The van der Waals surface area contributed by atoms with Crippen molar-refractivity contribution in [1.29, 1.82) is 0 Å². The Morgan fingerprint density at radius 1 is 1.38 bits per heavy atom. The van der Waals surface area contributed by atoms with Gasteiger partial charge < -0.3 is 9.47 Å². The van der Waals surface area contributed by atoms with Crippen LogP contribution < -0.4 is 0 Å². The second-order valence-electron chi connectivity index (χ2n) is 5.47. The van der Waals surface area contributed by atoms with Crippen LogP contribution in [0, 0.1) is 3.57 Å². The molecule has 1 heterocycles. The van der Waals surface area contributed by atoms with Gasteiger partial charge in [-0.2, -0.15) is 5.10 Å². The number of halogens is 1. The first kappa shape index (κ1) is 17.9. The Bertz CT molecular complexity index is 506. The van der Waals surface area contributed by atoms with E-state index >= 15 is 0 Å². The van der Waals surface area contributed by atoms with Crippen molar-refractivity contribution in [3.8, 4) is 0 Å². The minimum atomic E-state index is -0.478. The van der Waals surface area contributed by atoms with E-state index in [0.29, 0.717) is 25.3 Å².